The van der Waals surface area contributed by atoms with Crippen molar-refractivity contribution in [1.29, 1.82) is 0 Å². The summed E-state index contributed by atoms with van der Waals surface area (Å²) in [7, 11) is 0. The van der Waals surface area contributed by atoms with Gasteiger partial charge < -0.3 is 21.3 Å². The summed E-state index contributed by atoms with van der Waals surface area (Å²) in [6, 6.07) is -0.0569. The lowest BCUT2D eigenvalue weighted by atomic mass is 9.90. The van der Waals surface area contributed by atoms with Crippen LogP contribution >= 0.6 is 0 Å². The Bertz CT molecular complexity index is 792. The Morgan fingerprint density at radius 1 is 1.25 bits per heavy atom. The Kier molecular flexibility index (Phi) is 4.54. The molecule has 24 heavy (non-hydrogen) atoms. The molecule has 0 bridgehead atoms. The van der Waals surface area contributed by atoms with Crippen LogP contribution in [0, 0.1) is 5.41 Å². The van der Waals surface area contributed by atoms with Crippen LogP contribution in [0.15, 0.2) is 16.8 Å². The molecule has 2 aromatic rings. The number of hydrogen-bond donors (Lipinski definition) is 3. The van der Waals surface area contributed by atoms with Crippen molar-refractivity contribution in [2.45, 2.75) is 33.2 Å². The average Bonchev–Trinajstić information content (AvgIpc) is 2.84. The molecule has 0 saturated carbocycles. The van der Waals surface area contributed by atoms with Crippen LogP contribution in [-0.2, 0) is 16.0 Å². The Morgan fingerprint density at radius 2 is 1.88 bits per heavy atom. The molecule has 2 aromatic heterocycles. The van der Waals surface area contributed by atoms with E-state index in [4.69, 9.17) is 16.0 Å². The number of pyridine rings is 1. The standard InChI is InChI=1S/C15H19N5O4/c1-15(2,3)5-9-8-4-7(6-18-14(8)24-20-9)13(23)19-10(11(16)21)12(17)22/h4,6,10H,5H2,1-3H3,(H2,16,21)(H2,17,22)(H,19,23). The van der Waals surface area contributed by atoms with Gasteiger partial charge in [0.05, 0.1) is 16.6 Å². The van der Waals surface area contributed by atoms with E-state index in [-0.39, 0.29) is 11.0 Å². The molecule has 0 radical (unpaired) electrons. The normalized spacial score (nSPS) is 11.7. The van der Waals surface area contributed by atoms with Gasteiger partial charge in [0, 0.05) is 6.20 Å². The van der Waals surface area contributed by atoms with E-state index < -0.39 is 23.8 Å². The first-order chi connectivity index (χ1) is 11.1. The van der Waals surface area contributed by atoms with E-state index in [1.54, 1.807) is 0 Å². The van der Waals surface area contributed by atoms with Gasteiger partial charge in [0.2, 0.25) is 11.8 Å². The third-order valence-electron chi connectivity index (χ3n) is 3.21. The highest BCUT2D eigenvalue weighted by atomic mass is 16.5. The topological polar surface area (TPSA) is 154 Å². The van der Waals surface area contributed by atoms with Gasteiger partial charge in [-0.05, 0) is 17.9 Å². The van der Waals surface area contributed by atoms with Crippen LogP contribution in [0.25, 0.3) is 11.1 Å². The van der Waals surface area contributed by atoms with Crippen LogP contribution in [0.2, 0.25) is 0 Å². The number of carbonyl (C=O) groups excluding carboxylic acids is 3. The van der Waals surface area contributed by atoms with Crippen molar-refractivity contribution in [1.82, 2.24) is 15.5 Å². The fraction of sp³-hybridized carbons (Fsp3) is 0.400. The molecule has 2 rings (SSSR count). The Morgan fingerprint density at radius 3 is 2.42 bits per heavy atom. The molecule has 0 saturated heterocycles. The van der Waals surface area contributed by atoms with Gasteiger partial charge in [-0.15, -0.1) is 0 Å². The minimum Gasteiger partial charge on any atom is -0.367 e. The number of nitrogens with zero attached hydrogens (tertiary/aromatic N) is 2. The molecule has 9 heteroatoms. The van der Waals surface area contributed by atoms with Gasteiger partial charge in [0.25, 0.3) is 11.6 Å². The van der Waals surface area contributed by atoms with Gasteiger partial charge in [0.15, 0.2) is 6.04 Å². The minimum absolute atomic E-state index is 0.0366. The maximum atomic E-state index is 12.2. The number of carbonyl (C=O) groups is 3. The first-order valence-electron chi connectivity index (χ1n) is 7.22. The van der Waals surface area contributed by atoms with Crippen molar-refractivity contribution < 1.29 is 18.9 Å². The largest absolute Gasteiger partial charge is 0.367 e. The molecule has 0 aliphatic rings. The summed E-state index contributed by atoms with van der Waals surface area (Å²) in [5, 5.41) is 6.75. The highest BCUT2D eigenvalue weighted by molar-refractivity contribution is 6.08. The molecule has 0 unspecified atom stereocenters. The summed E-state index contributed by atoms with van der Waals surface area (Å²) < 4.78 is 5.15. The molecule has 2 heterocycles. The van der Waals surface area contributed by atoms with Crippen LogP contribution in [0.4, 0.5) is 0 Å². The van der Waals surface area contributed by atoms with E-state index in [2.05, 4.69) is 15.5 Å². The van der Waals surface area contributed by atoms with Crippen molar-refractivity contribution in [3.05, 3.63) is 23.5 Å². The molecule has 128 valence electrons. The lowest BCUT2D eigenvalue weighted by molar-refractivity contribution is -0.128. The third-order valence-corrected chi connectivity index (χ3v) is 3.21. The number of nitrogens with two attached hydrogens (primary N) is 2. The van der Waals surface area contributed by atoms with Gasteiger partial charge in [-0.1, -0.05) is 25.9 Å². The number of aromatic nitrogens is 2. The molecule has 3 amide bonds. The molecule has 5 N–H and O–H groups in total. The smallest absolute Gasteiger partial charge is 0.257 e. The molecule has 0 aliphatic heterocycles. The summed E-state index contributed by atoms with van der Waals surface area (Å²) in [5.41, 5.74) is 11.1. The molecule has 0 atom stereocenters. The van der Waals surface area contributed by atoms with E-state index >= 15 is 0 Å². The molecular weight excluding hydrogens is 314 g/mol. The van der Waals surface area contributed by atoms with E-state index in [0.717, 1.165) is 0 Å². The molecule has 0 aromatic carbocycles. The van der Waals surface area contributed by atoms with Crippen LogP contribution in [0.3, 0.4) is 0 Å². The van der Waals surface area contributed by atoms with Gasteiger partial charge in [-0.25, -0.2) is 4.98 Å². The third kappa shape index (κ3) is 3.86. The quantitative estimate of drug-likeness (QED) is 0.648. The van der Waals surface area contributed by atoms with Crippen molar-refractivity contribution in [3.8, 4) is 0 Å². The van der Waals surface area contributed by atoms with E-state index in [1.807, 2.05) is 20.8 Å². The lowest BCUT2D eigenvalue weighted by Crippen LogP contribution is -2.52. The first-order valence-corrected chi connectivity index (χ1v) is 7.22. The van der Waals surface area contributed by atoms with Gasteiger partial charge in [-0.2, -0.15) is 0 Å². The second-order valence-corrected chi connectivity index (χ2v) is 6.65. The Hall–Kier alpha value is -2.97. The maximum absolute atomic E-state index is 12.2. The summed E-state index contributed by atoms with van der Waals surface area (Å²) in [6.45, 7) is 6.13. The zero-order valence-corrected chi connectivity index (χ0v) is 13.6. The summed E-state index contributed by atoms with van der Waals surface area (Å²) >= 11 is 0. The predicted molar refractivity (Wildman–Crippen MR) is 84.6 cm³/mol. The fourth-order valence-corrected chi connectivity index (χ4v) is 2.13. The molecule has 9 nitrogen and oxygen atoms in total. The van der Waals surface area contributed by atoms with E-state index in [9.17, 15) is 14.4 Å². The lowest BCUT2D eigenvalue weighted by Gasteiger charge is -2.15. The van der Waals surface area contributed by atoms with Gasteiger partial charge in [0.1, 0.15) is 0 Å². The number of amides is 3. The molecule has 0 fully saturated rings. The monoisotopic (exact) mass is 333 g/mol. The van der Waals surface area contributed by atoms with Gasteiger partial charge in [-0.3, -0.25) is 14.4 Å². The zero-order chi connectivity index (χ0) is 18.1. The number of fused-ring (bicyclic) bond motifs is 1. The summed E-state index contributed by atoms with van der Waals surface area (Å²) in [6.07, 6.45) is 1.88. The van der Waals surface area contributed by atoms with Crippen molar-refractivity contribution in [2.75, 3.05) is 0 Å². The Labute approximate surface area is 137 Å². The molecular formula is C15H19N5O4. The van der Waals surface area contributed by atoms with E-state index in [0.29, 0.717) is 23.2 Å². The average molecular weight is 333 g/mol. The number of rotatable bonds is 5. The fourth-order valence-electron chi connectivity index (χ4n) is 2.13. The Balaban J connectivity index is 2.32. The first kappa shape index (κ1) is 17.4. The minimum atomic E-state index is -1.59. The zero-order valence-electron chi connectivity index (χ0n) is 13.6. The van der Waals surface area contributed by atoms with Crippen molar-refractivity contribution >= 4 is 28.8 Å². The van der Waals surface area contributed by atoms with Gasteiger partial charge >= 0.3 is 0 Å². The van der Waals surface area contributed by atoms with Crippen molar-refractivity contribution in [3.63, 3.8) is 0 Å². The SMILES string of the molecule is CC(C)(C)Cc1noc2ncc(C(=O)NC(C(N)=O)C(N)=O)cc12. The number of nitrogens with one attached hydrogen (secondary N) is 1. The van der Waals surface area contributed by atoms with E-state index in [1.165, 1.54) is 12.3 Å². The second kappa shape index (κ2) is 6.26. The highest BCUT2D eigenvalue weighted by Crippen LogP contribution is 2.25. The molecule has 0 spiro atoms. The van der Waals surface area contributed by atoms with Crippen LogP contribution < -0.4 is 16.8 Å². The summed E-state index contributed by atoms with van der Waals surface area (Å²) in [4.78, 5) is 38.5. The summed E-state index contributed by atoms with van der Waals surface area (Å²) in [5.74, 6) is -2.78. The van der Waals surface area contributed by atoms with Crippen LogP contribution in [0.1, 0.15) is 36.8 Å². The second-order valence-electron chi connectivity index (χ2n) is 6.65. The number of primary amides is 2. The maximum Gasteiger partial charge on any atom is 0.257 e. The van der Waals surface area contributed by atoms with Crippen LogP contribution in [-0.4, -0.2) is 33.9 Å². The number of hydrogen-bond acceptors (Lipinski definition) is 6. The van der Waals surface area contributed by atoms with Crippen molar-refractivity contribution in [2.24, 2.45) is 16.9 Å². The predicted octanol–water partition coefficient (Wildman–Crippen LogP) is -0.120. The molecule has 0 aliphatic carbocycles. The highest BCUT2D eigenvalue weighted by Gasteiger charge is 2.25. The van der Waals surface area contributed by atoms with Crippen LogP contribution in [0.5, 0.6) is 0 Å².